The highest BCUT2D eigenvalue weighted by Gasteiger charge is 2.21. The van der Waals surface area contributed by atoms with Crippen molar-refractivity contribution in [1.29, 1.82) is 0 Å². The minimum atomic E-state index is 0.126. The summed E-state index contributed by atoms with van der Waals surface area (Å²) in [5.41, 5.74) is 8.48. The van der Waals surface area contributed by atoms with Gasteiger partial charge in [0.1, 0.15) is 0 Å². The van der Waals surface area contributed by atoms with E-state index in [1.807, 2.05) is 6.92 Å². The molecule has 0 aliphatic heterocycles. The van der Waals surface area contributed by atoms with Crippen LogP contribution in [0, 0.1) is 0 Å². The molecule has 88 valence electrons. The van der Waals surface area contributed by atoms with Crippen molar-refractivity contribution >= 4 is 11.6 Å². The van der Waals surface area contributed by atoms with Crippen LogP contribution in [-0.2, 0) is 0 Å². The Kier molecular flexibility index (Phi) is 3.88. The van der Waals surface area contributed by atoms with Crippen molar-refractivity contribution in [2.24, 2.45) is 5.73 Å². The van der Waals surface area contributed by atoms with Gasteiger partial charge in [-0.1, -0.05) is 30.7 Å². The van der Waals surface area contributed by atoms with Crippen LogP contribution in [0.3, 0.4) is 0 Å². The zero-order valence-corrected chi connectivity index (χ0v) is 10.6. The Labute approximate surface area is 103 Å². The van der Waals surface area contributed by atoms with Crippen molar-refractivity contribution in [2.45, 2.75) is 49.9 Å². The SMILES string of the molecule is CC(N)c1ccc(C2CCCC(Cl)C2)cc1. The highest BCUT2D eigenvalue weighted by atomic mass is 35.5. The summed E-state index contributed by atoms with van der Waals surface area (Å²) in [6, 6.07) is 8.87. The van der Waals surface area contributed by atoms with Crippen molar-refractivity contribution in [3.05, 3.63) is 35.4 Å². The van der Waals surface area contributed by atoms with E-state index in [4.69, 9.17) is 17.3 Å². The van der Waals surface area contributed by atoms with E-state index < -0.39 is 0 Å². The number of hydrogen-bond acceptors (Lipinski definition) is 1. The molecule has 1 aliphatic carbocycles. The van der Waals surface area contributed by atoms with E-state index in [9.17, 15) is 0 Å². The van der Waals surface area contributed by atoms with Gasteiger partial charge in [-0.25, -0.2) is 0 Å². The molecule has 2 heteroatoms. The zero-order chi connectivity index (χ0) is 11.5. The monoisotopic (exact) mass is 237 g/mol. The van der Waals surface area contributed by atoms with Gasteiger partial charge in [-0.05, 0) is 43.2 Å². The molecule has 1 aliphatic rings. The first-order chi connectivity index (χ1) is 7.66. The van der Waals surface area contributed by atoms with Gasteiger partial charge in [0.2, 0.25) is 0 Å². The Morgan fingerprint density at radius 3 is 2.50 bits per heavy atom. The lowest BCUT2D eigenvalue weighted by Crippen LogP contribution is -2.14. The second-order valence-electron chi connectivity index (χ2n) is 4.92. The maximum absolute atomic E-state index is 6.22. The van der Waals surface area contributed by atoms with Gasteiger partial charge >= 0.3 is 0 Å². The topological polar surface area (TPSA) is 26.0 Å². The third kappa shape index (κ3) is 2.78. The normalized spacial score (nSPS) is 27.7. The molecule has 0 spiro atoms. The summed E-state index contributed by atoms with van der Waals surface area (Å²) in [6.07, 6.45) is 4.84. The highest BCUT2D eigenvalue weighted by Crippen LogP contribution is 2.35. The minimum absolute atomic E-state index is 0.126. The van der Waals surface area contributed by atoms with Crippen LogP contribution in [0.5, 0.6) is 0 Å². The summed E-state index contributed by atoms with van der Waals surface area (Å²) in [4.78, 5) is 0. The molecule has 0 radical (unpaired) electrons. The first kappa shape index (κ1) is 11.9. The van der Waals surface area contributed by atoms with E-state index >= 15 is 0 Å². The van der Waals surface area contributed by atoms with Crippen molar-refractivity contribution in [3.8, 4) is 0 Å². The third-order valence-electron chi connectivity index (χ3n) is 3.54. The predicted molar refractivity (Wildman–Crippen MR) is 69.9 cm³/mol. The average Bonchev–Trinajstić information content (AvgIpc) is 2.29. The maximum atomic E-state index is 6.22. The summed E-state index contributed by atoms with van der Waals surface area (Å²) < 4.78 is 0. The molecule has 0 bridgehead atoms. The Hall–Kier alpha value is -0.530. The van der Waals surface area contributed by atoms with Gasteiger partial charge in [0, 0.05) is 11.4 Å². The number of rotatable bonds is 2. The molecule has 3 atom stereocenters. The summed E-state index contributed by atoms with van der Waals surface area (Å²) in [5, 5.41) is 0.367. The molecule has 0 saturated heterocycles. The van der Waals surface area contributed by atoms with E-state index in [1.54, 1.807) is 0 Å². The van der Waals surface area contributed by atoms with Crippen LogP contribution in [0.1, 0.15) is 55.7 Å². The van der Waals surface area contributed by atoms with Gasteiger partial charge in [-0.2, -0.15) is 0 Å². The molecule has 1 nitrogen and oxygen atoms in total. The Morgan fingerprint density at radius 2 is 1.94 bits per heavy atom. The van der Waals surface area contributed by atoms with Crippen LogP contribution < -0.4 is 5.73 Å². The van der Waals surface area contributed by atoms with Crippen LogP contribution in [0.15, 0.2) is 24.3 Å². The van der Waals surface area contributed by atoms with E-state index in [0.29, 0.717) is 11.3 Å². The summed E-state index contributed by atoms with van der Waals surface area (Å²) >= 11 is 6.22. The lowest BCUT2D eigenvalue weighted by Gasteiger charge is -2.26. The fraction of sp³-hybridized carbons (Fsp3) is 0.571. The number of benzene rings is 1. The summed E-state index contributed by atoms with van der Waals surface area (Å²) in [6.45, 7) is 2.02. The van der Waals surface area contributed by atoms with E-state index in [0.717, 1.165) is 6.42 Å². The standard InChI is InChI=1S/C14H20ClN/c1-10(16)11-5-7-12(8-6-11)13-3-2-4-14(15)9-13/h5-8,10,13-14H,2-4,9,16H2,1H3. The van der Waals surface area contributed by atoms with Gasteiger partial charge in [0.25, 0.3) is 0 Å². The second-order valence-corrected chi connectivity index (χ2v) is 5.53. The van der Waals surface area contributed by atoms with Gasteiger partial charge in [-0.15, -0.1) is 11.6 Å². The van der Waals surface area contributed by atoms with Crippen LogP contribution in [0.4, 0.5) is 0 Å². The molecule has 3 unspecified atom stereocenters. The van der Waals surface area contributed by atoms with Crippen molar-refractivity contribution in [2.75, 3.05) is 0 Å². The molecule has 1 saturated carbocycles. The molecule has 2 rings (SSSR count). The number of nitrogens with two attached hydrogens (primary N) is 1. The lowest BCUT2D eigenvalue weighted by molar-refractivity contribution is 0.449. The van der Waals surface area contributed by atoms with Gasteiger partial charge in [0.05, 0.1) is 0 Å². The van der Waals surface area contributed by atoms with Crippen molar-refractivity contribution < 1.29 is 0 Å². The average molecular weight is 238 g/mol. The number of alkyl halides is 1. The number of hydrogen-bond donors (Lipinski definition) is 1. The maximum Gasteiger partial charge on any atom is 0.0341 e. The summed E-state index contributed by atoms with van der Waals surface area (Å²) in [7, 11) is 0. The van der Waals surface area contributed by atoms with Crippen LogP contribution in [0.2, 0.25) is 0 Å². The Morgan fingerprint density at radius 1 is 1.25 bits per heavy atom. The van der Waals surface area contributed by atoms with Gasteiger partial charge in [-0.3, -0.25) is 0 Å². The zero-order valence-electron chi connectivity index (χ0n) is 9.83. The Balaban J connectivity index is 2.09. The quantitative estimate of drug-likeness (QED) is 0.774. The lowest BCUT2D eigenvalue weighted by atomic mass is 9.83. The first-order valence-electron chi connectivity index (χ1n) is 6.16. The molecule has 1 aromatic carbocycles. The first-order valence-corrected chi connectivity index (χ1v) is 6.60. The smallest absolute Gasteiger partial charge is 0.0341 e. The van der Waals surface area contributed by atoms with Gasteiger partial charge in [0.15, 0.2) is 0 Å². The largest absolute Gasteiger partial charge is 0.324 e. The van der Waals surface area contributed by atoms with Crippen molar-refractivity contribution in [3.63, 3.8) is 0 Å². The fourth-order valence-corrected chi connectivity index (χ4v) is 2.87. The van der Waals surface area contributed by atoms with E-state index in [1.165, 1.54) is 30.4 Å². The molecular weight excluding hydrogens is 218 g/mol. The molecule has 0 aromatic heterocycles. The number of halogens is 1. The van der Waals surface area contributed by atoms with Crippen LogP contribution in [0.25, 0.3) is 0 Å². The molecule has 1 aromatic rings. The predicted octanol–water partition coefficient (Wildman–Crippen LogP) is 3.97. The third-order valence-corrected chi connectivity index (χ3v) is 3.94. The fourth-order valence-electron chi connectivity index (χ4n) is 2.50. The highest BCUT2D eigenvalue weighted by molar-refractivity contribution is 6.20. The molecule has 2 N–H and O–H groups in total. The second kappa shape index (κ2) is 5.20. The molecular formula is C14H20ClN. The molecule has 16 heavy (non-hydrogen) atoms. The van der Waals surface area contributed by atoms with Crippen molar-refractivity contribution in [1.82, 2.24) is 0 Å². The minimum Gasteiger partial charge on any atom is -0.324 e. The van der Waals surface area contributed by atoms with E-state index in [-0.39, 0.29) is 6.04 Å². The van der Waals surface area contributed by atoms with E-state index in [2.05, 4.69) is 24.3 Å². The molecule has 0 amide bonds. The Bertz CT molecular complexity index is 331. The van der Waals surface area contributed by atoms with Gasteiger partial charge < -0.3 is 5.73 Å². The van der Waals surface area contributed by atoms with Crippen LogP contribution >= 0.6 is 11.6 Å². The molecule has 1 fully saturated rings. The van der Waals surface area contributed by atoms with Crippen LogP contribution in [-0.4, -0.2) is 5.38 Å². The molecule has 0 heterocycles. The summed E-state index contributed by atoms with van der Waals surface area (Å²) in [5.74, 6) is 0.651.